The van der Waals surface area contributed by atoms with Gasteiger partial charge >= 0.3 is 0 Å². The third-order valence-corrected chi connectivity index (χ3v) is 6.88. The molecule has 3 aromatic rings. The van der Waals surface area contributed by atoms with Gasteiger partial charge in [-0.2, -0.15) is 0 Å². The number of anilines is 1. The topological polar surface area (TPSA) is 74.4 Å². The average Bonchev–Trinajstić information content (AvgIpc) is 3.36. The molecule has 0 saturated carbocycles. The molecule has 2 aliphatic rings. The quantitative estimate of drug-likeness (QED) is 0.587. The number of ether oxygens (including phenoxy) is 1. The molecule has 0 aliphatic carbocycles. The smallest absolute Gasteiger partial charge is 0.272 e. The van der Waals surface area contributed by atoms with Crippen molar-refractivity contribution in [3.63, 3.8) is 0 Å². The van der Waals surface area contributed by atoms with Gasteiger partial charge in [-0.1, -0.05) is 41.9 Å². The van der Waals surface area contributed by atoms with E-state index in [1.54, 1.807) is 6.07 Å². The van der Waals surface area contributed by atoms with E-state index < -0.39 is 0 Å². The highest BCUT2D eigenvalue weighted by Gasteiger charge is 2.30. The summed E-state index contributed by atoms with van der Waals surface area (Å²) in [6, 6.07) is 15.4. The Hall–Kier alpha value is -2.83. The number of nitrogens with one attached hydrogen (secondary N) is 2. The van der Waals surface area contributed by atoms with E-state index in [-0.39, 0.29) is 23.5 Å². The van der Waals surface area contributed by atoms with Crippen molar-refractivity contribution in [2.75, 3.05) is 31.1 Å². The number of H-pyrrole nitrogens is 1. The van der Waals surface area contributed by atoms with Crippen LogP contribution in [0, 0.1) is 5.92 Å². The Morgan fingerprint density at radius 2 is 2.00 bits per heavy atom. The van der Waals surface area contributed by atoms with Gasteiger partial charge in [-0.25, -0.2) is 0 Å². The van der Waals surface area contributed by atoms with Crippen molar-refractivity contribution < 1.29 is 9.53 Å². The first-order valence-corrected chi connectivity index (χ1v) is 12.0. The van der Waals surface area contributed by atoms with Crippen molar-refractivity contribution >= 4 is 34.1 Å². The van der Waals surface area contributed by atoms with E-state index in [9.17, 15) is 9.59 Å². The zero-order valence-electron chi connectivity index (χ0n) is 18.5. The minimum Gasteiger partial charge on any atom is -0.376 e. The largest absolute Gasteiger partial charge is 0.376 e. The summed E-state index contributed by atoms with van der Waals surface area (Å²) >= 11 is 6.34. The van der Waals surface area contributed by atoms with Crippen LogP contribution in [0.1, 0.15) is 25.7 Å². The van der Waals surface area contributed by atoms with Crippen molar-refractivity contribution in [1.29, 1.82) is 0 Å². The number of piperidine rings is 1. The van der Waals surface area contributed by atoms with E-state index in [2.05, 4.69) is 15.2 Å². The summed E-state index contributed by atoms with van der Waals surface area (Å²) < 4.78 is 5.63. The Kier molecular flexibility index (Phi) is 6.38. The second-order valence-electron chi connectivity index (χ2n) is 8.90. The first-order chi connectivity index (χ1) is 16.1. The number of fused-ring (bicyclic) bond motifs is 1. The number of nitrogens with zero attached hydrogens (tertiary/aromatic N) is 1. The number of aromatic nitrogens is 1. The van der Waals surface area contributed by atoms with Gasteiger partial charge < -0.3 is 19.9 Å². The molecule has 1 aromatic heterocycles. The van der Waals surface area contributed by atoms with Crippen molar-refractivity contribution in [2.45, 2.75) is 31.8 Å². The van der Waals surface area contributed by atoms with Gasteiger partial charge in [0.05, 0.1) is 12.0 Å². The fourth-order valence-corrected chi connectivity index (χ4v) is 5.18. The predicted molar refractivity (Wildman–Crippen MR) is 132 cm³/mol. The maximum atomic E-state index is 13.3. The summed E-state index contributed by atoms with van der Waals surface area (Å²) in [7, 11) is 0. The molecule has 3 heterocycles. The third kappa shape index (κ3) is 4.63. The molecule has 2 atom stereocenters. The molecule has 5 rings (SSSR count). The van der Waals surface area contributed by atoms with Crippen LogP contribution in [-0.4, -0.2) is 43.2 Å². The van der Waals surface area contributed by atoms with Crippen LogP contribution in [0.2, 0.25) is 5.02 Å². The molecule has 7 heteroatoms. The standard InChI is InChI=1S/C26H28ClN3O3/c27-19-10-11-22-21(14-19)23(17-6-2-1-3-7-17)24(26(32)29-22)30-12-4-8-18(16-30)25(31)28-15-20-9-5-13-33-20/h1-3,6-7,10-11,14,18,20H,4-5,8-9,12-13,15-16H2,(H,28,31)(H,29,32)/t18-,20+/m0/s1. The minimum atomic E-state index is -0.168. The van der Waals surface area contributed by atoms with Crippen molar-refractivity contribution in [2.24, 2.45) is 5.92 Å². The number of pyridine rings is 1. The van der Waals surface area contributed by atoms with Crippen LogP contribution in [0.5, 0.6) is 0 Å². The number of carbonyl (C=O) groups excluding carboxylic acids is 1. The Labute approximate surface area is 197 Å². The zero-order chi connectivity index (χ0) is 22.8. The van der Waals surface area contributed by atoms with Gasteiger partial charge in [0.25, 0.3) is 5.56 Å². The number of benzene rings is 2. The van der Waals surface area contributed by atoms with Gasteiger partial charge in [-0.3, -0.25) is 9.59 Å². The molecule has 2 aliphatic heterocycles. The molecule has 0 spiro atoms. The van der Waals surface area contributed by atoms with Gasteiger partial charge in [-0.05, 0) is 49.4 Å². The van der Waals surface area contributed by atoms with Crippen LogP contribution in [0.3, 0.4) is 0 Å². The molecule has 172 valence electrons. The number of hydrogen-bond donors (Lipinski definition) is 2. The SMILES string of the molecule is O=C(NC[C@H]1CCCO1)[C@H]1CCCN(c2c(-c3ccccc3)c3cc(Cl)ccc3[nH]c2=O)C1. The maximum Gasteiger partial charge on any atom is 0.272 e. The predicted octanol–water partition coefficient (Wildman–Crippen LogP) is 4.36. The number of hydrogen-bond acceptors (Lipinski definition) is 4. The zero-order valence-corrected chi connectivity index (χ0v) is 19.2. The molecule has 33 heavy (non-hydrogen) atoms. The highest BCUT2D eigenvalue weighted by Crippen LogP contribution is 2.37. The Bertz CT molecular complexity index is 1200. The second-order valence-corrected chi connectivity index (χ2v) is 9.34. The third-order valence-electron chi connectivity index (χ3n) is 6.65. The molecule has 0 unspecified atom stereocenters. The Morgan fingerprint density at radius 3 is 2.79 bits per heavy atom. The fourth-order valence-electron chi connectivity index (χ4n) is 5.01. The molecule has 0 radical (unpaired) electrons. The van der Waals surface area contributed by atoms with E-state index in [1.165, 1.54) is 0 Å². The van der Waals surface area contributed by atoms with Crippen LogP contribution >= 0.6 is 11.6 Å². The molecule has 2 saturated heterocycles. The molecule has 2 N–H and O–H groups in total. The van der Waals surface area contributed by atoms with Crippen LogP contribution in [-0.2, 0) is 9.53 Å². The number of amides is 1. The lowest BCUT2D eigenvalue weighted by Gasteiger charge is -2.34. The summed E-state index contributed by atoms with van der Waals surface area (Å²) in [4.78, 5) is 31.4. The van der Waals surface area contributed by atoms with Crippen molar-refractivity contribution in [1.82, 2.24) is 10.3 Å². The normalized spacial score (nSPS) is 20.8. The maximum absolute atomic E-state index is 13.3. The van der Waals surface area contributed by atoms with E-state index in [0.717, 1.165) is 60.9 Å². The minimum absolute atomic E-state index is 0.0386. The molecule has 2 fully saturated rings. The monoisotopic (exact) mass is 465 g/mol. The molecule has 2 aromatic carbocycles. The Balaban J connectivity index is 1.49. The number of halogens is 1. The van der Waals surface area contributed by atoms with Crippen molar-refractivity contribution in [3.8, 4) is 11.1 Å². The highest BCUT2D eigenvalue weighted by atomic mass is 35.5. The van der Waals surface area contributed by atoms with E-state index >= 15 is 0 Å². The van der Waals surface area contributed by atoms with E-state index in [4.69, 9.17) is 16.3 Å². The van der Waals surface area contributed by atoms with Crippen molar-refractivity contribution in [3.05, 3.63) is 63.9 Å². The summed E-state index contributed by atoms with van der Waals surface area (Å²) in [6.45, 7) is 2.56. The number of rotatable bonds is 5. The van der Waals surface area contributed by atoms with E-state index in [1.807, 2.05) is 42.5 Å². The highest BCUT2D eigenvalue weighted by molar-refractivity contribution is 6.31. The van der Waals surface area contributed by atoms with Gasteiger partial charge in [0.1, 0.15) is 5.69 Å². The summed E-state index contributed by atoms with van der Waals surface area (Å²) in [5.74, 6) is -0.130. The van der Waals surface area contributed by atoms with E-state index in [0.29, 0.717) is 23.8 Å². The van der Waals surface area contributed by atoms with Gasteiger partial charge in [-0.15, -0.1) is 0 Å². The summed E-state index contributed by atoms with van der Waals surface area (Å²) in [6.07, 6.45) is 3.82. The molecule has 1 amide bonds. The first kappa shape index (κ1) is 22.0. The first-order valence-electron chi connectivity index (χ1n) is 11.7. The lowest BCUT2D eigenvalue weighted by molar-refractivity contribution is -0.125. The summed E-state index contributed by atoms with van der Waals surface area (Å²) in [5, 5.41) is 4.58. The summed E-state index contributed by atoms with van der Waals surface area (Å²) in [5.41, 5.74) is 3.01. The van der Waals surface area contributed by atoms with Gasteiger partial charge in [0, 0.05) is 47.7 Å². The van der Waals surface area contributed by atoms with Crippen LogP contribution in [0.25, 0.3) is 22.0 Å². The number of carbonyl (C=O) groups is 1. The molecule has 0 bridgehead atoms. The Morgan fingerprint density at radius 1 is 1.15 bits per heavy atom. The lowest BCUT2D eigenvalue weighted by atomic mass is 9.94. The number of aromatic amines is 1. The fraction of sp³-hybridized carbons (Fsp3) is 0.385. The van der Waals surface area contributed by atoms with Crippen LogP contribution in [0.4, 0.5) is 5.69 Å². The molecule has 6 nitrogen and oxygen atoms in total. The van der Waals surface area contributed by atoms with Crippen LogP contribution < -0.4 is 15.8 Å². The average molecular weight is 466 g/mol. The molecular weight excluding hydrogens is 438 g/mol. The van der Waals surface area contributed by atoms with Gasteiger partial charge in [0.2, 0.25) is 5.91 Å². The lowest BCUT2D eigenvalue weighted by Crippen LogP contribution is -2.46. The van der Waals surface area contributed by atoms with Crippen LogP contribution in [0.15, 0.2) is 53.3 Å². The second kappa shape index (κ2) is 9.57. The van der Waals surface area contributed by atoms with Gasteiger partial charge in [0.15, 0.2) is 0 Å². The molecular formula is C26H28ClN3O3.